The van der Waals surface area contributed by atoms with Gasteiger partial charge in [-0.15, -0.1) is 0 Å². The first kappa shape index (κ1) is 19.0. The average molecular weight is 384 g/mol. The van der Waals surface area contributed by atoms with Gasteiger partial charge in [0.25, 0.3) is 0 Å². The molecule has 26 heavy (non-hydrogen) atoms. The van der Waals surface area contributed by atoms with Gasteiger partial charge in [0.1, 0.15) is 6.61 Å². The number of carbonyl (C=O) groups is 1. The third kappa shape index (κ3) is 3.96. The lowest BCUT2D eigenvalue weighted by Crippen LogP contribution is -2.52. The molecule has 1 aliphatic carbocycles. The van der Waals surface area contributed by atoms with Crippen LogP contribution in [-0.2, 0) is 15.1 Å². The van der Waals surface area contributed by atoms with Crippen molar-refractivity contribution < 1.29 is 23.4 Å². The summed E-state index contributed by atoms with van der Waals surface area (Å²) >= 11 is 5.03. The van der Waals surface area contributed by atoms with Crippen LogP contribution in [0.4, 0.5) is 8.78 Å². The lowest BCUT2D eigenvalue weighted by Gasteiger charge is -2.33. The van der Waals surface area contributed by atoms with Crippen LogP contribution >= 0.6 is 12.2 Å². The van der Waals surface area contributed by atoms with Crippen LogP contribution in [0.2, 0.25) is 0 Å². The largest absolute Gasteiger partial charge is 0.461 e. The van der Waals surface area contributed by atoms with Crippen molar-refractivity contribution in [1.29, 1.82) is 0 Å². The molecule has 2 aliphatic rings. The van der Waals surface area contributed by atoms with E-state index in [9.17, 15) is 18.7 Å². The Morgan fingerprint density at radius 1 is 1.35 bits per heavy atom. The Morgan fingerprint density at radius 2 is 2.08 bits per heavy atom. The number of esters is 1. The van der Waals surface area contributed by atoms with E-state index in [4.69, 9.17) is 17.0 Å². The van der Waals surface area contributed by atoms with Gasteiger partial charge in [0, 0.05) is 25.3 Å². The summed E-state index contributed by atoms with van der Waals surface area (Å²) in [5.41, 5.74) is -1.81. The summed E-state index contributed by atoms with van der Waals surface area (Å²) in [5.74, 6) is -4.66. The Labute approximate surface area is 156 Å². The molecule has 0 bridgehead atoms. The van der Waals surface area contributed by atoms with Gasteiger partial charge in [-0.25, -0.2) is 13.6 Å². The molecule has 0 unspecified atom stereocenters. The highest BCUT2D eigenvalue weighted by molar-refractivity contribution is 7.80. The summed E-state index contributed by atoms with van der Waals surface area (Å²) < 4.78 is 32.8. The van der Waals surface area contributed by atoms with Crippen molar-refractivity contribution in [1.82, 2.24) is 10.6 Å². The minimum absolute atomic E-state index is 0.0128. The van der Waals surface area contributed by atoms with E-state index in [0.29, 0.717) is 18.1 Å². The first-order chi connectivity index (χ1) is 12.3. The number of nitrogens with one attached hydrogen (secondary N) is 2. The molecule has 1 aromatic rings. The lowest BCUT2D eigenvalue weighted by molar-refractivity contribution is -0.175. The van der Waals surface area contributed by atoms with Gasteiger partial charge in [-0.1, -0.05) is 30.3 Å². The van der Waals surface area contributed by atoms with Gasteiger partial charge in [-0.2, -0.15) is 0 Å². The molecule has 3 N–H and O–H groups in total. The summed E-state index contributed by atoms with van der Waals surface area (Å²) in [7, 11) is 0. The van der Waals surface area contributed by atoms with Gasteiger partial charge < -0.3 is 20.5 Å². The number of aliphatic hydroxyl groups is 1. The smallest absolute Gasteiger partial charge is 0.343 e. The molecule has 3 rings (SSSR count). The zero-order valence-corrected chi connectivity index (χ0v) is 15.0. The van der Waals surface area contributed by atoms with Crippen LogP contribution in [0.5, 0.6) is 0 Å². The van der Waals surface area contributed by atoms with E-state index in [1.807, 2.05) is 0 Å². The summed E-state index contributed by atoms with van der Waals surface area (Å²) in [6.45, 7) is 0.671. The van der Waals surface area contributed by atoms with Crippen molar-refractivity contribution >= 4 is 23.3 Å². The number of rotatable bonds is 5. The Bertz CT molecular complexity index is 674. The maximum Gasteiger partial charge on any atom is 0.343 e. The van der Waals surface area contributed by atoms with Crippen molar-refractivity contribution in [2.75, 3.05) is 13.2 Å². The van der Waals surface area contributed by atoms with Crippen LogP contribution < -0.4 is 10.6 Å². The van der Waals surface area contributed by atoms with Gasteiger partial charge in [0.15, 0.2) is 10.7 Å². The molecular weight excluding hydrogens is 362 g/mol. The predicted molar refractivity (Wildman–Crippen MR) is 95.7 cm³/mol. The van der Waals surface area contributed by atoms with Crippen LogP contribution in [0.3, 0.4) is 0 Å². The summed E-state index contributed by atoms with van der Waals surface area (Å²) in [6, 6.07) is 8.02. The quantitative estimate of drug-likeness (QED) is 0.534. The molecule has 1 aliphatic heterocycles. The summed E-state index contributed by atoms with van der Waals surface area (Å²) in [5, 5.41) is 17.6. The van der Waals surface area contributed by atoms with E-state index in [0.717, 1.165) is 0 Å². The van der Waals surface area contributed by atoms with Crippen LogP contribution in [-0.4, -0.2) is 41.3 Å². The summed E-state index contributed by atoms with van der Waals surface area (Å²) in [6.07, 6.45) is -0.130. The second-order valence-electron chi connectivity index (χ2n) is 6.91. The SMILES string of the molecule is O=C(OC[C@@H]1CCNC(=S)N1)[C@](O)(c1ccccc1)[C@@H]1CCC(F)(F)C1. The van der Waals surface area contributed by atoms with Gasteiger partial charge in [-0.3, -0.25) is 0 Å². The van der Waals surface area contributed by atoms with Gasteiger partial charge >= 0.3 is 5.97 Å². The van der Waals surface area contributed by atoms with E-state index < -0.39 is 29.8 Å². The molecule has 142 valence electrons. The molecule has 3 atom stereocenters. The number of ether oxygens (including phenoxy) is 1. The van der Waals surface area contributed by atoms with Gasteiger partial charge in [0.05, 0.1) is 6.04 Å². The van der Waals surface area contributed by atoms with Crippen LogP contribution in [0.1, 0.15) is 31.2 Å². The van der Waals surface area contributed by atoms with Crippen molar-refractivity contribution in [3.05, 3.63) is 35.9 Å². The van der Waals surface area contributed by atoms with Crippen LogP contribution in [0.25, 0.3) is 0 Å². The van der Waals surface area contributed by atoms with E-state index in [2.05, 4.69) is 10.6 Å². The number of hydrogen-bond acceptors (Lipinski definition) is 4. The predicted octanol–water partition coefficient (Wildman–Crippen LogP) is 2.09. The lowest BCUT2D eigenvalue weighted by atomic mass is 9.80. The number of hydrogen-bond donors (Lipinski definition) is 3. The highest BCUT2D eigenvalue weighted by Gasteiger charge is 2.54. The van der Waals surface area contributed by atoms with Crippen molar-refractivity contribution in [2.45, 2.75) is 43.2 Å². The minimum atomic E-state index is -2.88. The Morgan fingerprint density at radius 3 is 2.69 bits per heavy atom. The minimum Gasteiger partial charge on any atom is -0.461 e. The maximum absolute atomic E-state index is 13.7. The number of thiocarbonyl (C=S) groups is 1. The molecule has 0 spiro atoms. The molecule has 1 saturated carbocycles. The number of benzene rings is 1. The molecule has 8 heteroatoms. The zero-order valence-electron chi connectivity index (χ0n) is 14.2. The first-order valence-electron chi connectivity index (χ1n) is 8.68. The Balaban J connectivity index is 1.77. The number of halogens is 2. The van der Waals surface area contributed by atoms with Crippen molar-refractivity contribution in [2.24, 2.45) is 5.92 Å². The van der Waals surface area contributed by atoms with Crippen molar-refractivity contribution in [3.63, 3.8) is 0 Å². The molecule has 5 nitrogen and oxygen atoms in total. The van der Waals surface area contributed by atoms with Crippen molar-refractivity contribution in [3.8, 4) is 0 Å². The van der Waals surface area contributed by atoms with E-state index >= 15 is 0 Å². The average Bonchev–Trinajstić information content (AvgIpc) is 3.00. The molecular formula is C18H22F2N2O3S. The Kier molecular flexibility index (Phi) is 5.43. The Hall–Kier alpha value is -1.80. The normalized spacial score (nSPS) is 27.1. The molecule has 0 aromatic heterocycles. The molecule has 0 radical (unpaired) electrons. The highest BCUT2D eigenvalue weighted by Crippen LogP contribution is 2.47. The fraction of sp³-hybridized carbons (Fsp3) is 0.556. The summed E-state index contributed by atoms with van der Waals surface area (Å²) in [4.78, 5) is 12.8. The van der Waals surface area contributed by atoms with Gasteiger partial charge in [-0.05, 0) is 30.6 Å². The number of carbonyl (C=O) groups excluding carboxylic acids is 1. The topological polar surface area (TPSA) is 70.6 Å². The van der Waals surface area contributed by atoms with E-state index in [1.54, 1.807) is 30.3 Å². The zero-order chi connectivity index (χ0) is 18.8. The van der Waals surface area contributed by atoms with Gasteiger partial charge in [0.2, 0.25) is 5.92 Å². The monoisotopic (exact) mass is 384 g/mol. The van der Waals surface area contributed by atoms with Crippen LogP contribution in [0, 0.1) is 5.92 Å². The first-order valence-corrected chi connectivity index (χ1v) is 9.09. The molecule has 1 aromatic carbocycles. The fourth-order valence-electron chi connectivity index (χ4n) is 3.60. The molecule has 1 saturated heterocycles. The molecule has 2 fully saturated rings. The van der Waals surface area contributed by atoms with E-state index in [-0.39, 0.29) is 31.1 Å². The van der Waals surface area contributed by atoms with E-state index in [1.165, 1.54) is 0 Å². The molecule has 1 heterocycles. The second-order valence-corrected chi connectivity index (χ2v) is 7.32. The molecule has 0 amide bonds. The fourth-order valence-corrected chi connectivity index (χ4v) is 3.87. The standard InChI is InChI=1S/C18H22F2N2O3S/c19-17(20)8-6-13(10-17)18(24,12-4-2-1-3-5-12)15(23)25-11-14-7-9-21-16(26)22-14/h1-5,13-14,24H,6-11H2,(H2,21,22,26)/t13-,14+,18+/m1/s1. The second kappa shape index (κ2) is 7.44. The number of alkyl halides is 2. The third-order valence-electron chi connectivity index (χ3n) is 5.05. The highest BCUT2D eigenvalue weighted by atomic mass is 32.1. The van der Waals surface area contributed by atoms with Crippen LogP contribution in [0.15, 0.2) is 30.3 Å². The maximum atomic E-state index is 13.7. The third-order valence-corrected chi connectivity index (χ3v) is 5.31.